The van der Waals surface area contributed by atoms with Crippen molar-refractivity contribution in [2.45, 2.75) is 13.0 Å². The second-order valence-electron chi connectivity index (χ2n) is 2.57. The van der Waals surface area contributed by atoms with Crippen LogP contribution in [0.5, 0.6) is 0 Å². The Morgan fingerprint density at radius 1 is 1.29 bits per heavy atom. The molecule has 0 aliphatic heterocycles. The highest BCUT2D eigenvalue weighted by Crippen LogP contribution is 1.79. The van der Waals surface area contributed by atoms with Gasteiger partial charge in [-0.1, -0.05) is 0 Å². The van der Waals surface area contributed by atoms with Gasteiger partial charge in [0.25, 0.3) is 0 Å². The summed E-state index contributed by atoms with van der Waals surface area (Å²) in [4.78, 5) is 31.3. The van der Waals surface area contributed by atoms with Crippen molar-refractivity contribution >= 4 is 17.8 Å². The zero-order chi connectivity index (χ0) is 11.1. The molecular weight excluding hydrogens is 192 g/mol. The third-order valence-corrected chi connectivity index (χ3v) is 1.28. The zero-order valence-electron chi connectivity index (χ0n) is 7.61. The van der Waals surface area contributed by atoms with Gasteiger partial charge in [0, 0.05) is 6.92 Å². The van der Waals surface area contributed by atoms with Crippen LogP contribution in [0.3, 0.4) is 0 Å². The average molecular weight is 204 g/mol. The lowest BCUT2D eigenvalue weighted by Gasteiger charge is -2.07. The third-order valence-electron chi connectivity index (χ3n) is 1.28. The standard InChI is InChI=1S/C7H12N2O5/c1-4(10)8-3-6(12)9-2-5(11)7(13)14/h5,11H,2-3H2,1H3,(H,8,10)(H,9,12)(H,13,14)/t5-/m0/s1. The summed E-state index contributed by atoms with van der Waals surface area (Å²) in [5.74, 6) is -2.33. The number of rotatable bonds is 5. The number of hydrogen-bond acceptors (Lipinski definition) is 4. The Morgan fingerprint density at radius 3 is 2.29 bits per heavy atom. The molecule has 0 fully saturated rings. The lowest BCUT2D eigenvalue weighted by atomic mass is 10.3. The molecule has 0 unspecified atom stereocenters. The maximum atomic E-state index is 10.8. The molecule has 4 N–H and O–H groups in total. The number of carboxylic acids is 1. The van der Waals surface area contributed by atoms with E-state index in [-0.39, 0.29) is 19.0 Å². The van der Waals surface area contributed by atoms with Crippen LogP contribution in [0.1, 0.15) is 6.92 Å². The van der Waals surface area contributed by atoms with Crippen molar-refractivity contribution in [1.82, 2.24) is 10.6 Å². The van der Waals surface area contributed by atoms with Crippen LogP contribution < -0.4 is 10.6 Å². The number of carbonyl (C=O) groups is 3. The minimum atomic E-state index is -1.63. The fraction of sp³-hybridized carbons (Fsp3) is 0.571. The normalized spacial score (nSPS) is 11.6. The molecule has 0 saturated heterocycles. The number of aliphatic carboxylic acids is 1. The number of carbonyl (C=O) groups excluding carboxylic acids is 2. The molecule has 0 bridgehead atoms. The number of carboxylic acid groups (broad SMARTS) is 1. The van der Waals surface area contributed by atoms with Gasteiger partial charge < -0.3 is 20.8 Å². The quantitative estimate of drug-likeness (QED) is 0.401. The Kier molecular flexibility index (Phi) is 5.23. The molecule has 0 aliphatic rings. The Hall–Kier alpha value is -1.63. The van der Waals surface area contributed by atoms with E-state index in [2.05, 4.69) is 10.6 Å². The Morgan fingerprint density at radius 2 is 1.86 bits per heavy atom. The van der Waals surface area contributed by atoms with E-state index in [9.17, 15) is 14.4 Å². The lowest BCUT2D eigenvalue weighted by molar-refractivity contribution is -0.146. The van der Waals surface area contributed by atoms with Crippen LogP contribution in [0.25, 0.3) is 0 Å². The van der Waals surface area contributed by atoms with Crippen molar-refractivity contribution in [3.05, 3.63) is 0 Å². The van der Waals surface area contributed by atoms with E-state index in [1.165, 1.54) is 6.92 Å². The van der Waals surface area contributed by atoms with Gasteiger partial charge in [0.2, 0.25) is 11.8 Å². The number of aliphatic hydroxyl groups excluding tert-OH is 1. The van der Waals surface area contributed by atoms with Gasteiger partial charge in [-0.05, 0) is 0 Å². The van der Waals surface area contributed by atoms with Crippen molar-refractivity contribution in [3.8, 4) is 0 Å². The molecule has 0 aliphatic carbocycles. The monoisotopic (exact) mass is 204 g/mol. The maximum Gasteiger partial charge on any atom is 0.334 e. The first-order chi connectivity index (χ1) is 6.43. The van der Waals surface area contributed by atoms with Gasteiger partial charge in [-0.3, -0.25) is 9.59 Å². The first kappa shape index (κ1) is 12.4. The Balaban J connectivity index is 3.64. The molecule has 7 nitrogen and oxygen atoms in total. The lowest BCUT2D eigenvalue weighted by Crippen LogP contribution is -2.41. The van der Waals surface area contributed by atoms with E-state index >= 15 is 0 Å². The van der Waals surface area contributed by atoms with Crippen LogP contribution in [0.15, 0.2) is 0 Å². The molecule has 0 heterocycles. The predicted molar refractivity (Wildman–Crippen MR) is 45.3 cm³/mol. The SMILES string of the molecule is CC(=O)NCC(=O)NC[C@H](O)C(=O)O. The summed E-state index contributed by atoms with van der Waals surface area (Å²) < 4.78 is 0. The van der Waals surface area contributed by atoms with Crippen molar-refractivity contribution in [2.24, 2.45) is 0 Å². The number of hydrogen-bond donors (Lipinski definition) is 4. The van der Waals surface area contributed by atoms with Gasteiger partial charge in [0.1, 0.15) is 0 Å². The largest absolute Gasteiger partial charge is 0.479 e. The summed E-state index contributed by atoms with van der Waals surface area (Å²) in [6.07, 6.45) is -1.63. The molecule has 1 atom stereocenters. The van der Waals surface area contributed by atoms with Gasteiger partial charge in [0.15, 0.2) is 6.10 Å². The first-order valence-electron chi connectivity index (χ1n) is 3.85. The fourth-order valence-electron chi connectivity index (χ4n) is 0.565. The van der Waals surface area contributed by atoms with Crippen LogP contribution in [0, 0.1) is 0 Å². The highest BCUT2D eigenvalue weighted by atomic mass is 16.4. The first-order valence-corrected chi connectivity index (χ1v) is 3.85. The summed E-state index contributed by atoms with van der Waals surface area (Å²) in [5.41, 5.74) is 0. The van der Waals surface area contributed by atoms with E-state index in [1.54, 1.807) is 0 Å². The van der Waals surface area contributed by atoms with Crippen LogP contribution in [-0.2, 0) is 14.4 Å². The second kappa shape index (κ2) is 5.92. The minimum absolute atomic E-state index is 0.234. The summed E-state index contributed by atoms with van der Waals surface area (Å²) in [6.45, 7) is 0.634. The summed E-state index contributed by atoms with van der Waals surface area (Å²) >= 11 is 0. The Labute approximate surface area is 80.1 Å². The maximum absolute atomic E-state index is 10.8. The average Bonchev–Trinajstić information content (AvgIpc) is 2.10. The van der Waals surface area contributed by atoms with Gasteiger partial charge >= 0.3 is 5.97 Å². The molecule has 0 aromatic carbocycles. The molecule has 14 heavy (non-hydrogen) atoms. The Bertz CT molecular complexity index is 240. The predicted octanol–water partition coefficient (Wildman–Crippen LogP) is -2.32. The number of aliphatic hydroxyl groups is 1. The number of nitrogens with one attached hydrogen (secondary N) is 2. The van der Waals surface area contributed by atoms with Gasteiger partial charge in [-0.25, -0.2) is 4.79 Å². The highest BCUT2D eigenvalue weighted by Gasteiger charge is 2.13. The molecule has 0 aromatic heterocycles. The molecule has 0 radical (unpaired) electrons. The van der Waals surface area contributed by atoms with Gasteiger partial charge in [0.05, 0.1) is 13.1 Å². The van der Waals surface area contributed by atoms with E-state index in [0.29, 0.717) is 0 Å². The smallest absolute Gasteiger partial charge is 0.334 e. The van der Waals surface area contributed by atoms with Crippen molar-refractivity contribution < 1.29 is 24.6 Å². The van der Waals surface area contributed by atoms with Crippen LogP contribution in [-0.4, -0.2) is 47.2 Å². The highest BCUT2D eigenvalue weighted by molar-refractivity contribution is 5.84. The minimum Gasteiger partial charge on any atom is -0.479 e. The van der Waals surface area contributed by atoms with E-state index in [0.717, 1.165) is 0 Å². The molecule has 80 valence electrons. The molecule has 0 aromatic rings. The van der Waals surface area contributed by atoms with Crippen LogP contribution in [0.4, 0.5) is 0 Å². The van der Waals surface area contributed by atoms with E-state index in [4.69, 9.17) is 10.2 Å². The molecule has 0 spiro atoms. The topological polar surface area (TPSA) is 116 Å². The van der Waals surface area contributed by atoms with Gasteiger partial charge in [-0.2, -0.15) is 0 Å². The van der Waals surface area contributed by atoms with E-state index < -0.39 is 18.0 Å². The summed E-state index contributed by atoms with van der Waals surface area (Å²) in [5, 5.41) is 21.3. The summed E-state index contributed by atoms with van der Waals surface area (Å²) in [7, 11) is 0. The summed E-state index contributed by atoms with van der Waals surface area (Å²) in [6, 6.07) is 0. The van der Waals surface area contributed by atoms with Crippen molar-refractivity contribution in [3.63, 3.8) is 0 Å². The molecule has 0 rings (SSSR count). The third kappa shape index (κ3) is 5.95. The zero-order valence-corrected chi connectivity index (χ0v) is 7.61. The van der Waals surface area contributed by atoms with Crippen LogP contribution in [0.2, 0.25) is 0 Å². The second-order valence-corrected chi connectivity index (χ2v) is 2.57. The number of amides is 2. The molecule has 2 amide bonds. The van der Waals surface area contributed by atoms with Gasteiger partial charge in [-0.15, -0.1) is 0 Å². The fourth-order valence-corrected chi connectivity index (χ4v) is 0.565. The molecule has 7 heteroatoms. The molecular formula is C7H12N2O5. The van der Waals surface area contributed by atoms with E-state index in [1.807, 2.05) is 0 Å². The van der Waals surface area contributed by atoms with Crippen molar-refractivity contribution in [1.29, 1.82) is 0 Å². The van der Waals surface area contributed by atoms with Crippen molar-refractivity contribution in [2.75, 3.05) is 13.1 Å². The van der Waals surface area contributed by atoms with Crippen LogP contribution >= 0.6 is 0 Å². The molecule has 0 saturated carbocycles.